The van der Waals surface area contributed by atoms with Crippen molar-refractivity contribution in [2.45, 2.75) is 25.6 Å². The molecule has 2 saturated heterocycles. The van der Waals surface area contributed by atoms with Gasteiger partial charge in [0.1, 0.15) is 19.4 Å². The molecule has 0 saturated carbocycles. The third-order valence-electron chi connectivity index (χ3n) is 5.43. The number of carbonyl (C=O) groups excluding carboxylic acids is 3. The Balaban J connectivity index is 2.28. The molecule has 2 heterocycles. The van der Waals surface area contributed by atoms with Crippen LogP contribution in [0.4, 0.5) is 0 Å². The molecule has 1 aromatic carbocycles. The van der Waals surface area contributed by atoms with E-state index in [2.05, 4.69) is 6.58 Å². The zero-order chi connectivity index (χ0) is 18.5. The van der Waals surface area contributed by atoms with Gasteiger partial charge in [0.2, 0.25) is 0 Å². The number of carbonyl (C=O) groups is 3. The first kappa shape index (κ1) is 17.4. The Hall–Kier alpha value is -2.41. The van der Waals surface area contributed by atoms with E-state index in [1.165, 1.54) is 0 Å². The minimum absolute atomic E-state index is 0.00335. The minimum Gasteiger partial charge on any atom is -0.599 e. The third-order valence-corrected chi connectivity index (χ3v) is 5.43. The van der Waals surface area contributed by atoms with Gasteiger partial charge in [-0.1, -0.05) is 41.0 Å². The summed E-state index contributed by atoms with van der Waals surface area (Å²) in [6, 6.07) is 7.42. The van der Waals surface area contributed by atoms with E-state index in [0.717, 1.165) is 17.4 Å². The maximum atomic E-state index is 12.5. The van der Waals surface area contributed by atoms with Gasteiger partial charge >= 0.3 is 18.6 Å². The van der Waals surface area contributed by atoms with Crippen molar-refractivity contribution < 1.29 is 28.1 Å². The summed E-state index contributed by atoms with van der Waals surface area (Å²) in [5.41, 5.74) is 2.43. The summed E-state index contributed by atoms with van der Waals surface area (Å²) in [5.74, 6) is -0.926. The zero-order valence-electron chi connectivity index (χ0n) is 14.8. The van der Waals surface area contributed by atoms with Gasteiger partial charge in [-0.3, -0.25) is 9.59 Å². The monoisotopic (exact) mass is 343 g/mol. The van der Waals surface area contributed by atoms with E-state index in [1.54, 1.807) is 14.0 Å². The molecular weight excluding hydrogens is 321 g/mol. The molecule has 1 aromatic rings. The highest BCUT2D eigenvalue weighted by Gasteiger charge is 2.75. The molecule has 2 aliphatic heterocycles. The fraction of sp³-hybridized carbons (Fsp3) is 0.389. The number of allylic oxidation sites excluding steroid dienone is 1. The first-order valence-corrected chi connectivity index (χ1v) is 8.28. The van der Waals surface area contributed by atoms with Gasteiger partial charge < -0.3 is 18.5 Å². The lowest BCUT2D eigenvalue weighted by Gasteiger charge is -2.49. The van der Waals surface area contributed by atoms with E-state index < -0.39 is 23.9 Å². The van der Waals surface area contributed by atoms with Gasteiger partial charge in [0.25, 0.3) is 0 Å². The van der Waals surface area contributed by atoms with Gasteiger partial charge in [0.05, 0.1) is 5.31 Å². The maximum absolute atomic E-state index is 12.5. The molecule has 0 aliphatic carbocycles. The van der Waals surface area contributed by atoms with Crippen molar-refractivity contribution in [2.75, 3.05) is 20.1 Å². The van der Waals surface area contributed by atoms with Gasteiger partial charge in [-0.25, -0.2) is 0 Å². The number of quaternary nitrogens is 1. The molecule has 132 valence electrons. The normalized spacial score (nSPS) is 30.2. The van der Waals surface area contributed by atoms with Crippen LogP contribution in [0, 0.1) is 6.92 Å². The summed E-state index contributed by atoms with van der Waals surface area (Å²) in [6.07, 6.45) is 0.994. The second-order valence-electron chi connectivity index (χ2n) is 7.61. The lowest BCUT2D eigenvalue weighted by molar-refractivity contribution is -0.795. The van der Waals surface area contributed by atoms with Crippen LogP contribution in [-0.4, -0.2) is 49.4 Å². The van der Waals surface area contributed by atoms with E-state index >= 15 is 0 Å². The highest BCUT2D eigenvalue weighted by molar-refractivity contribution is 6.72. The van der Waals surface area contributed by atoms with Crippen molar-refractivity contribution in [1.82, 2.24) is 0 Å². The van der Waals surface area contributed by atoms with E-state index in [0.29, 0.717) is 5.56 Å². The van der Waals surface area contributed by atoms with Crippen LogP contribution < -0.4 is 0 Å². The number of aryl methyl sites for hydroxylation is 1. The molecule has 2 aliphatic rings. The smallest absolute Gasteiger partial charge is 0.599 e. The molecule has 6 nitrogen and oxygen atoms in total. The largest absolute Gasteiger partial charge is 0.601 e. The molecule has 7 heteroatoms. The molecule has 0 N–H and O–H groups in total. The minimum atomic E-state index is -2.58. The summed E-state index contributed by atoms with van der Waals surface area (Å²) in [4.78, 5) is 36.8. The summed E-state index contributed by atoms with van der Waals surface area (Å²) in [6.45, 7) is 5.11. The molecule has 1 atom stereocenters. The van der Waals surface area contributed by atoms with Gasteiger partial charge in [0.15, 0.2) is 0 Å². The van der Waals surface area contributed by atoms with Crippen LogP contribution in [0.5, 0.6) is 0 Å². The van der Waals surface area contributed by atoms with Gasteiger partial charge in [-0.15, -0.1) is 6.58 Å². The van der Waals surface area contributed by atoms with Crippen molar-refractivity contribution >= 4 is 24.9 Å². The number of hydrogen-bond acceptors (Lipinski definition) is 5. The number of fused-ring (bicyclic) bond motifs is 1. The van der Waals surface area contributed by atoms with E-state index in [9.17, 15) is 14.4 Å². The highest BCUT2D eigenvalue weighted by Crippen LogP contribution is 2.49. The topological polar surface area (TPSA) is 69.7 Å². The molecule has 0 aromatic heterocycles. The molecule has 0 bridgehead atoms. The predicted octanol–water partition coefficient (Wildman–Crippen LogP) is 1.44. The Labute approximate surface area is 147 Å². The van der Waals surface area contributed by atoms with Crippen molar-refractivity contribution in [3.63, 3.8) is 0 Å². The number of rotatable bonds is 5. The fourth-order valence-electron chi connectivity index (χ4n) is 4.36. The average Bonchev–Trinajstić information content (AvgIpc) is 2.89. The number of aldehydes is 1. The van der Waals surface area contributed by atoms with Crippen molar-refractivity contribution in [3.8, 4) is 0 Å². The number of benzene rings is 1. The van der Waals surface area contributed by atoms with Crippen LogP contribution in [0.25, 0.3) is 0 Å². The van der Waals surface area contributed by atoms with Crippen LogP contribution in [0.1, 0.15) is 24.5 Å². The molecule has 25 heavy (non-hydrogen) atoms. The molecule has 3 rings (SSSR count). The Bertz CT molecular complexity index is 752. The summed E-state index contributed by atoms with van der Waals surface area (Å²) >= 11 is 0. The number of likely N-dealkylation sites (N-methyl/N-ethyl adjacent to an activating group) is 1. The molecule has 0 spiro atoms. The number of hydrogen-bond donors (Lipinski definition) is 0. The highest BCUT2D eigenvalue weighted by atomic mass is 16.7. The summed E-state index contributed by atoms with van der Waals surface area (Å²) < 4.78 is 11.3. The van der Waals surface area contributed by atoms with Crippen LogP contribution in [0.3, 0.4) is 0 Å². The van der Waals surface area contributed by atoms with Crippen LogP contribution >= 0.6 is 0 Å². The van der Waals surface area contributed by atoms with E-state index in [1.807, 2.05) is 31.2 Å². The lowest BCUT2D eigenvalue weighted by Crippen LogP contribution is -2.72. The molecular formula is C18H22BNO5. The first-order valence-electron chi connectivity index (χ1n) is 8.28. The second-order valence-corrected chi connectivity index (χ2v) is 7.61. The van der Waals surface area contributed by atoms with Gasteiger partial charge in [-0.05, 0) is 20.3 Å². The lowest BCUT2D eigenvalue weighted by atomic mass is 9.41. The van der Waals surface area contributed by atoms with Gasteiger partial charge in [-0.2, -0.15) is 0 Å². The van der Waals surface area contributed by atoms with Crippen LogP contribution in [0.15, 0.2) is 36.4 Å². The standard InChI is InChI=1S/C18H22BNO5/c1-13(2)9-18(12-21,15-7-5-14(3)6-8-15)19-20(4,10-16(22)24-19)11-17(23)25-19/h5-8,12H,1,9-11H2,2-4H3. The molecule has 1 unspecified atom stereocenters. The maximum Gasteiger partial charge on any atom is 0.601 e. The van der Waals surface area contributed by atoms with E-state index in [-0.39, 0.29) is 23.9 Å². The Morgan fingerprint density at radius 2 is 1.76 bits per heavy atom. The summed E-state index contributed by atoms with van der Waals surface area (Å²) in [5, 5.41) is -1.30. The SMILES string of the molecule is C=C(C)CC(C=O)(c1ccc(C)cc1)[B-]12OC(=O)C[N+]1(C)CC(=O)O2. The molecule has 0 amide bonds. The van der Waals surface area contributed by atoms with Crippen LogP contribution in [0.2, 0.25) is 0 Å². The van der Waals surface area contributed by atoms with Crippen molar-refractivity contribution in [2.24, 2.45) is 0 Å². The Kier molecular flexibility index (Phi) is 3.87. The van der Waals surface area contributed by atoms with Crippen molar-refractivity contribution in [1.29, 1.82) is 0 Å². The number of nitrogens with zero attached hydrogens (tertiary/aromatic N) is 1. The third kappa shape index (κ3) is 2.33. The summed E-state index contributed by atoms with van der Waals surface area (Å²) in [7, 11) is 1.74. The second kappa shape index (κ2) is 5.56. The average molecular weight is 343 g/mol. The quantitative estimate of drug-likeness (QED) is 0.460. The van der Waals surface area contributed by atoms with Crippen molar-refractivity contribution in [3.05, 3.63) is 47.5 Å². The predicted molar refractivity (Wildman–Crippen MR) is 92.2 cm³/mol. The van der Waals surface area contributed by atoms with Crippen LogP contribution in [-0.2, 0) is 29.0 Å². The first-order chi connectivity index (χ1) is 11.7. The molecule has 2 fully saturated rings. The van der Waals surface area contributed by atoms with Gasteiger partial charge in [0, 0.05) is 7.05 Å². The Morgan fingerprint density at radius 3 is 2.20 bits per heavy atom. The Morgan fingerprint density at radius 1 is 1.24 bits per heavy atom. The molecule has 0 radical (unpaired) electrons. The fourth-order valence-corrected chi connectivity index (χ4v) is 4.36. The van der Waals surface area contributed by atoms with E-state index in [4.69, 9.17) is 9.31 Å². The zero-order valence-corrected chi connectivity index (χ0v) is 14.8.